The molecule has 11 heavy (non-hydrogen) atoms. The van der Waals surface area contributed by atoms with Gasteiger partial charge in [-0.05, 0) is 12.8 Å². The van der Waals surface area contributed by atoms with Gasteiger partial charge in [-0.15, -0.1) is 0 Å². The van der Waals surface area contributed by atoms with E-state index in [1.165, 1.54) is 0 Å². The number of carbonyl (C=O) groups is 1. The van der Waals surface area contributed by atoms with Gasteiger partial charge in [-0.1, -0.05) is 6.42 Å². The Balaban J connectivity index is 2.53. The van der Waals surface area contributed by atoms with E-state index in [-0.39, 0.29) is 17.9 Å². The zero-order chi connectivity index (χ0) is 8.43. The Morgan fingerprint density at radius 2 is 2.09 bits per heavy atom. The fourth-order valence-electron chi connectivity index (χ4n) is 1.63. The van der Waals surface area contributed by atoms with Crippen LogP contribution in [0.2, 0.25) is 0 Å². The average molecular weight is 156 g/mol. The Morgan fingerprint density at radius 1 is 1.45 bits per heavy atom. The first kappa shape index (κ1) is 8.53. The van der Waals surface area contributed by atoms with Crippen molar-refractivity contribution in [1.29, 1.82) is 0 Å². The van der Waals surface area contributed by atoms with Crippen LogP contribution in [0.4, 0.5) is 0 Å². The highest BCUT2D eigenvalue weighted by Gasteiger charge is 2.30. The smallest absolute Gasteiger partial charge is 0.226 e. The Labute approximate surface area is 67.5 Å². The minimum absolute atomic E-state index is 0.0880. The fourth-order valence-corrected chi connectivity index (χ4v) is 1.63. The van der Waals surface area contributed by atoms with Gasteiger partial charge in [-0.25, -0.2) is 0 Å². The summed E-state index contributed by atoms with van der Waals surface area (Å²) in [4.78, 5) is 13.0. The Hall–Kier alpha value is -0.570. The molecule has 64 valence electrons. The topological polar surface area (TPSA) is 46.3 Å². The average Bonchev–Trinajstić information content (AvgIpc) is 2.33. The van der Waals surface area contributed by atoms with E-state index in [2.05, 4.69) is 0 Å². The molecule has 1 saturated carbocycles. The minimum atomic E-state index is 0.0880. The number of carbonyl (C=O) groups excluding carboxylic acids is 1. The molecule has 0 bridgehead atoms. The molecule has 0 unspecified atom stereocenters. The highest BCUT2D eigenvalue weighted by molar-refractivity contribution is 5.79. The summed E-state index contributed by atoms with van der Waals surface area (Å²) in [6.45, 7) is 0. The summed E-state index contributed by atoms with van der Waals surface area (Å²) in [7, 11) is 3.57. The van der Waals surface area contributed by atoms with E-state index in [1.54, 1.807) is 19.0 Å². The first-order valence-electron chi connectivity index (χ1n) is 4.09. The number of hydrogen-bond donors (Lipinski definition) is 1. The summed E-state index contributed by atoms with van der Waals surface area (Å²) in [6.07, 6.45) is 3.08. The zero-order valence-electron chi connectivity index (χ0n) is 7.21. The number of rotatable bonds is 1. The van der Waals surface area contributed by atoms with Crippen LogP contribution in [0.1, 0.15) is 19.3 Å². The lowest BCUT2D eigenvalue weighted by atomic mass is 10.0. The predicted molar refractivity (Wildman–Crippen MR) is 44.0 cm³/mol. The van der Waals surface area contributed by atoms with Crippen molar-refractivity contribution < 1.29 is 4.79 Å². The maximum absolute atomic E-state index is 11.4. The van der Waals surface area contributed by atoms with Gasteiger partial charge in [0.15, 0.2) is 0 Å². The molecule has 0 spiro atoms. The number of amides is 1. The van der Waals surface area contributed by atoms with E-state index >= 15 is 0 Å². The van der Waals surface area contributed by atoms with Crippen LogP contribution < -0.4 is 5.73 Å². The van der Waals surface area contributed by atoms with Crippen LogP contribution >= 0.6 is 0 Å². The van der Waals surface area contributed by atoms with Crippen LogP contribution in [0.15, 0.2) is 0 Å². The van der Waals surface area contributed by atoms with Crippen molar-refractivity contribution in [2.45, 2.75) is 25.3 Å². The normalized spacial score (nSPS) is 30.5. The maximum atomic E-state index is 11.4. The molecule has 1 amide bonds. The standard InChI is InChI=1S/C8H16N2O/c1-10(2)8(11)6-4-3-5-7(6)9/h6-7H,3-5,9H2,1-2H3/t6-,7+/m1/s1. The molecule has 0 aliphatic heterocycles. The summed E-state index contributed by atoms with van der Waals surface area (Å²) >= 11 is 0. The van der Waals surface area contributed by atoms with Gasteiger partial charge in [0.05, 0.1) is 5.92 Å². The van der Waals surface area contributed by atoms with E-state index in [0.29, 0.717) is 0 Å². The molecule has 2 N–H and O–H groups in total. The SMILES string of the molecule is CN(C)C(=O)[C@@H]1CCC[C@@H]1N. The van der Waals surface area contributed by atoms with E-state index in [0.717, 1.165) is 19.3 Å². The van der Waals surface area contributed by atoms with Gasteiger partial charge in [0.1, 0.15) is 0 Å². The molecule has 2 atom stereocenters. The summed E-state index contributed by atoms with van der Waals surface area (Å²) < 4.78 is 0. The monoisotopic (exact) mass is 156 g/mol. The highest BCUT2D eigenvalue weighted by Crippen LogP contribution is 2.24. The van der Waals surface area contributed by atoms with Crippen LogP contribution in [0.3, 0.4) is 0 Å². The predicted octanol–water partition coefficient (Wildman–Crippen LogP) is 0.202. The van der Waals surface area contributed by atoms with E-state index in [4.69, 9.17) is 5.73 Å². The van der Waals surface area contributed by atoms with Crippen molar-refractivity contribution in [3.05, 3.63) is 0 Å². The Morgan fingerprint density at radius 3 is 2.45 bits per heavy atom. The first-order chi connectivity index (χ1) is 5.13. The summed E-state index contributed by atoms with van der Waals surface area (Å²) in [5.74, 6) is 0.278. The molecule has 3 heteroatoms. The second kappa shape index (κ2) is 3.22. The van der Waals surface area contributed by atoms with Gasteiger partial charge in [0.2, 0.25) is 5.91 Å². The first-order valence-corrected chi connectivity index (χ1v) is 4.09. The molecule has 0 heterocycles. The van der Waals surface area contributed by atoms with Crippen LogP contribution in [0, 0.1) is 5.92 Å². The largest absolute Gasteiger partial charge is 0.349 e. The van der Waals surface area contributed by atoms with Crippen molar-refractivity contribution in [3.63, 3.8) is 0 Å². The molecule has 1 fully saturated rings. The van der Waals surface area contributed by atoms with Crippen molar-refractivity contribution >= 4 is 5.91 Å². The lowest BCUT2D eigenvalue weighted by Gasteiger charge is -2.19. The van der Waals surface area contributed by atoms with Gasteiger partial charge in [0, 0.05) is 20.1 Å². The minimum Gasteiger partial charge on any atom is -0.349 e. The van der Waals surface area contributed by atoms with Gasteiger partial charge in [-0.3, -0.25) is 4.79 Å². The van der Waals surface area contributed by atoms with E-state index < -0.39 is 0 Å². The molecular formula is C8H16N2O. The number of nitrogens with two attached hydrogens (primary N) is 1. The van der Waals surface area contributed by atoms with Crippen molar-refractivity contribution in [2.24, 2.45) is 11.7 Å². The quantitative estimate of drug-likeness (QED) is 0.589. The van der Waals surface area contributed by atoms with Gasteiger partial charge < -0.3 is 10.6 Å². The molecular weight excluding hydrogens is 140 g/mol. The van der Waals surface area contributed by atoms with Gasteiger partial charge in [-0.2, -0.15) is 0 Å². The molecule has 0 aromatic rings. The summed E-state index contributed by atoms with van der Waals surface area (Å²) in [6, 6.07) is 0.102. The molecule has 1 rings (SSSR count). The highest BCUT2D eigenvalue weighted by atomic mass is 16.2. The second-order valence-electron chi connectivity index (χ2n) is 3.43. The van der Waals surface area contributed by atoms with Crippen LogP contribution in [-0.2, 0) is 4.79 Å². The van der Waals surface area contributed by atoms with Gasteiger partial charge in [0.25, 0.3) is 0 Å². The molecule has 1 aliphatic carbocycles. The number of hydrogen-bond acceptors (Lipinski definition) is 2. The second-order valence-corrected chi connectivity index (χ2v) is 3.43. The Kier molecular flexibility index (Phi) is 2.49. The van der Waals surface area contributed by atoms with Crippen LogP contribution in [0.5, 0.6) is 0 Å². The number of nitrogens with zero attached hydrogens (tertiary/aromatic N) is 1. The molecule has 0 aromatic heterocycles. The molecule has 1 aliphatic rings. The molecule has 0 saturated heterocycles. The fraction of sp³-hybridized carbons (Fsp3) is 0.875. The zero-order valence-corrected chi connectivity index (χ0v) is 7.21. The summed E-state index contributed by atoms with van der Waals surface area (Å²) in [5.41, 5.74) is 5.77. The van der Waals surface area contributed by atoms with Crippen molar-refractivity contribution in [3.8, 4) is 0 Å². The van der Waals surface area contributed by atoms with Crippen molar-refractivity contribution in [2.75, 3.05) is 14.1 Å². The third-order valence-electron chi connectivity index (χ3n) is 2.33. The molecule has 0 aromatic carbocycles. The third kappa shape index (κ3) is 1.71. The van der Waals surface area contributed by atoms with E-state index in [1.807, 2.05) is 0 Å². The molecule has 3 nitrogen and oxygen atoms in total. The molecule has 0 radical (unpaired) electrons. The Bertz CT molecular complexity index is 156. The van der Waals surface area contributed by atoms with Crippen molar-refractivity contribution in [1.82, 2.24) is 4.90 Å². The third-order valence-corrected chi connectivity index (χ3v) is 2.33. The lowest BCUT2D eigenvalue weighted by molar-refractivity contribution is -0.133. The van der Waals surface area contributed by atoms with Gasteiger partial charge >= 0.3 is 0 Å². The summed E-state index contributed by atoms with van der Waals surface area (Å²) in [5, 5.41) is 0. The van der Waals surface area contributed by atoms with Crippen LogP contribution in [-0.4, -0.2) is 30.9 Å². The van der Waals surface area contributed by atoms with Crippen LogP contribution in [0.25, 0.3) is 0 Å². The maximum Gasteiger partial charge on any atom is 0.226 e. The van der Waals surface area contributed by atoms with E-state index in [9.17, 15) is 4.79 Å². The lowest BCUT2D eigenvalue weighted by Crippen LogP contribution is -2.37.